The average molecular weight is 314 g/mol. The molecule has 84 valence electrons. The molecule has 0 fully saturated rings. The predicted octanol–water partition coefficient (Wildman–Crippen LogP) is 1.37. The maximum Gasteiger partial charge on any atom is 0.160 e. The van der Waals surface area contributed by atoms with E-state index in [0.29, 0.717) is 29.0 Å². The Balaban J connectivity index is 0. The number of nitrogens with zero attached hydrogens (tertiary/aromatic N) is 2. The van der Waals surface area contributed by atoms with Gasteiger partial charge in [-0.3, -0.25) is 0 Å². The van der Waals surface area contributed by atoms with Gasteiger partial charge in [0.1, 0.15) is 5.69 Å². The molecular formula is C8H11BrCl2N4. The first-order chi connectivity index (χ1) is 6.24. The van der Waals surface area contributed by atoms with Gasteiger partial charge in [-0.15, -0.1) is 35.0 Å². The number of hydrogen-bond donors (Lipinski definition) is 2. The van der Waals surface area contributed by atoms with Crippen LogP contribution in [0.15, 0.2) is 10.5 Å². The first-order valence-electron chi connectivity index (χ1n) is 3.71. The Hall–Kier alpha value is -0.540. The quantitative estimate of drug-likeness (QED) is 0.768. The van der Waals surface area contributed by atoms with E-state index in [1.54, 1.807) is 6.07 Å². The van der Waals surface area contributed by atoms with Crippen LogP contribution < -0.4 is 11.5 Å². The van der Waals surface area contributed by atoms with Crippen molar-refractivity contribution in [3.8, 4) is 11.8 Å². The smallest absolute Gasteiger partial charge is 0.160 e. The van der Waals surface area contributed by atoms with Gasteiger partial charge in [0.15, 0.2) is 5.82 Å². The summed E-state index contributed by atoms with van der Waals surface area (Å²) >= 11 is 3.24. The SMILES string of the molecule is Cl.Cl.NCCC#Cc1cc(Br)c(N)nn1. The van der Waals surface area contributed by atoms with Gasteiger partial charge in [-0.25, -0.2) is 0 Å². The number of nitrogen functional groups attached to an aromatic ring is 1. The van der Waals surface area contributed by atoms with E-state index in [0.717, 1.165) is 0 Å². The molecule has 4 nitrogen and oxygen atoms in total. The van der Waals surface area contributed by atoms with E-state index in [1.807, 2.05) is 0 Å². The Labute approximate surface area is 109 Å². The fourth-order valence-electron chi connectivity index (χ4n) is 0.665. The summed E-state index contributed by atoms with van der Waals surface area (Å²) in [4.78, 5) is 0. The van der Waals surface area contributed by atoms with Crippen LogP contribution in [0.3, 0.4) is 0 Å². The maximum atomic E-state index is 5.45. The van der Waals surface area contributed by atoms with E-state index in [2.05, 4.69) is 38.0 Å². The molecule has 0 aliphatic rings. The van der Waals surface area contributed by atoms with Gasteiger partial charge >= 0.3 is 0 Å². The summed E-state index contributed by atoms with van der Waals surface area (Å²) < 4.78 is 0.708. The zero-order valence-corrected chi connectivity index (χ0v) is 11.0. The number of nitrogens with two attached hydrogens (primary N) is 2. The van der Waals surface area contributed by atoms with Crippen LogP contribution >= 0.6 is 40.7 Å². The van der Waals surface area contributed by atoms with E-state index >= 15 is 0 Å². The van der Waals surface area contributed by atoms with Crippen LogP contribution in [0, 0.1) is 11.8 Å². The first-order valence-corrected chi connectivity index (χ1v) is 4.51. The molecule has 0 saturated carbocycles. The molecule has 0 spiro atoms. The van der Waals surface area contributed by atoms with Crippen LogP contribution in [0.4, 0.5) is 5.82 Å². The van der Waals surface area contributed by atoms with Crippen molar-refractivity contribution in [2.24, 2.45) is 5.73 Å². The molecular weight excluding hydrogens is 303 g/mol. The average Bonchev–Trinajstić information content (AvgIpc) is 2.12. The van der Waals surface area contributed by atoms with Gasteiger partial charge in [0.25, 0.3) is 0 Å². The van der Waals surface area contributed by atoms with Crippen LogP contribution in [0.5, 0.6) is 0 Å². The third-order valence-corrected chi connectivity index (χ3v) is 1.89. The van der Waals surface area contributed by atoms with Crippen molar-refractivity contribution < 1.29 is 0 Å². The van der Waals surface area contributed by atoms with Crippen molar-refractivity contribution in [2.45, 2.75) is 6.42 Å². The summed E-state index contributed by atoms with van der Waals surface area (Å²) in [5, 5.41) is 7.50. The molecule has 0 atom stereocenters. The van der Waals surface area contributed by atoms with E-state index in [-0.39, 0.29) is 24.8 Å². The van der Waals surface area contributed by atoms with Crippen LogP contribution in [0.2, 0.25) is 0 Å². The Morgan fingerprint density at radius 1 is 1.33 bits per heavy atom. The van der Waals surface area contributed by atoms with Crippen LogP contribution in [0.1, 0.15) is 12.1 Å². The lowest BCUT2D eigenvalue weighted by molar-refractivity contribution is 1.01. The summed E-state index contributed by atoms with van der Waals surface area (Å²) in [6.45, 7) is 0.552. The highest BCUT2D eigenvalue weighted by Crippen LogP contribution is 2.15. The third-order valence-electron chi connectivity index (χ3n) is 1.26. The van der Waals surface area contributed by atoms with Crippen molar-refractivity contribution in [1.82, 2.24) is 10.2 Å². The standard InChI is InChI=1S/C8H9BrN4.2ClH/c9-7-5-6(3-1-2-4-10)12-13-8(7)11;;/h5H,2,4,10H2,(H2,11,13);2*1H. The Morgan fingerprint density at radius 3 is 2.53 bits per heavy atom. The minimum absolute atomic E-state index is 0. The van der Waals surface area contributed by atoms with Crippen molar-refractivity contribution >= 4 is 46.6 Å². The monoisotopic (exact) mass is 312 g/mol. The second kappa shape index (κ2) is 8.74. The molecule has 1 rings (SSSR count). The molecule has 0 bridgehead atoms. The zero-order valence-electron chi connectivity index (χ0n) is 7.74. The van der Waals surface area contributed by atoms with Gasteiger partial charge in [0, 0.05) is 13.0 Å². The van der Waals surface area contributed by atoms with Gasteiger partial charge < -0.3 is 11.5 Å². The molecule has 1 aromatic heterocycles. The highest BCUT2D eigenvalue weighted by Gasteiger charge is 1.97. The van der Waals surface area contributed by atoms with Gasteiger partial charge in [-0.05, 0) is 27.9 Å². The Kier molecular flexibility index (Phi) is 9.84. The predicted molar refractivity (Wildman–Crippen MR) is 69.2 cm³/mol. The van der Waals surface area contributed by atoms with Crippen molar-refractivity contribution in [1.29, 1.82) is 0 Å². The molecule has 4 N–H and O–H groups in total. The van der Waals surface area contributed by atoms with Crippen LogP contribution in [-0.2, 0) is 0 Å². The molecule has 7 heteroatoms. The minimum atomic E-state index is 0. The lowest BCUT2D eigenvalue weighted by Crippen LogP contribution is -1.97. The molecule has 0 radical (unpaired) electrons. The molecule has 0 aliphatic heterocycles. The van der Waals surface area contributed by atoms with Crippen LogP contribution in [0.25, 0.3) is 0 Å². The van der Waals surface area contributed by atoms with Gasteiger partial charge in [0.2, 0.25) is 0 Å². The van der Waals surface area contributed by atoms with Gasteiger partial charge in [0.05, 0.1) is 4.47 Å². The number of rotatable bonds is 1. The van der Waals surface area contributed by atoms with E-state index < -0.39 is 0 Å². The van der Waals surface area contributed by atoms with E-state index in [9.17, 15) is 0 Å². The molecule has 1 aromatic rings. The summed E-state index contributed by atoms with van der Waals surface area (Å²) in [5.41, 5.74) is 11.3. The first kappa shape index (κ1) is 16.9. The van der Waals surface area contributed by atoms with Gasteiger partial charge in [-0.1, -0.05) is 5.92 Å². The van der Waals surface area contributed by atoms with E-state index in [1.165, 1.54) is 0 Å². The number of aromatic nitrogens is 2. The highest BCUT2D eigenvalue weighted by atomic mass is 79.9. The lowest BCUT2D eigenvalue weighted by Gasteiger charge is -1.94. The van der Waals surface area contributed by atoms with Crippen molar-refractivity contribution in [3.05, 3.63) is 16.2 Å². The van der Waals surface area contributed by atoms with Gasteiger partial charge in [-0.2, -0.15) is 0 Å². The third kappa shape index (κ3) is 5.80. The van der Waals surface area contributed by atoms with E-state index in [4.69, 9.17) is 11.5 Å². The number of hydrogen-bond acceptors (Lipinski definition) is 4. The largest absolute Gasteiger partial charge is 0.381 e. The molecule has 0 aromatic carbocycles. The fraction of sp³-hybridized carbons (Fsp3) is 0.250. The second-order valence-electron chi connectivity index (χ2n) is 2.30. The molecule has 0 amide bonds. The molecule has 0 saturated heterocycles. The Morgan fingerprint density at radius 2 is 2.00 bits per heavy atom. The van der Waals surface area contributed by atoms with Crippen LogP contribution in [-0.4, -0.2) is 16.7 Å². The highest BCUT2D eigenvalue weighted by molar-refractivity contribution is 9.10. The number of anilines is 1. The van der Waals surface area contributed by atoms with Crippen molar-refractivity contribution in [3.63, 3.8) is 0 Å². The topological polar surface area (TPSA) is 77.8 Å². The summed E-state index contributed by atoms with van der Waals surface area (Å²) in [6.07, 6.45) is 0.656. The fourth-order valence-corrected chi connectivity index (χ4v) is 0.961. The Bertz CT molecular complexity index is 361. The summed E-state index contributed by atoms with van der Waals surface area (Å²) in [6, 6.07) is 1.73. The molecule has 1 heterocycles. The van der Waals surface area contributed by atoms with Crippen molar-refractivity contribution in [2.75, 3.05) is 12.3 Å². The number of halogens is 3. The maximum absolute atomic E-state index is 5.45. The minimum Gasteiger partial charge on any atom is -0.381 e. The second-order valence-corrected chi connectivity index (χ2v) is 3.16. The molecule has 0 aliphatic carbocycles. The summed E-state index contributed by atoms with van der Waals surface area (Å²) in [5.74, 6) is 6.05. The lowest BCUT2D eigenvalue weighted by atomic mass is 10.3. The molecule has 15 heavy (non-hydrogen) atoms. The summed E-state index contributed by atoms with van der Waals surface area (Å²) in [7, 11) is 0. The molecule has 0 unspecified atom stereocenters. The normalized spacial score (nSPS) is 7.87. The zero-order chi connectivity index (χ0) is 9.68.